The third kappa shape index (κ3) is 3.08. The Bertz CT molecular complexity index is 301. The first-order valence-corrected chi connectivity index (χ1v) is 7.33. The predicted octanol–water partition coefficient (Wildman–Crippen LogP) is 4.08. The second-order valence-corrected chi connectivity index (χ2v) is 6.44. The molecule has 0 bridgehead atoms. The van der Waals surface area contributed by atoms with Crippen molar-refractivity contribution in [3.05, 3.63) is 22.4 Å². The molecule has 1 fully saturated rings. The molecule has 2 rings (SSSR count). The van der Waals surface area contributed by atoms with Gasteiger partial charge in [-0.2, -0.15) is 0 Å². The summed E-state index contributed by atoms with van der Waals surface area (Å²) in [6.45, 7) is 8.11. The van der Waals surface area contributed by atoms with Gasteiger partial charge in [-0.05, 0) is 48.6 Å². The van der Waals surface area contributed by atoms with Crippen LogP contribution in [0, 0.1) is 17.8 Å². The summed E-state index contributed by atoms with van der Waals surface area (Å²) in [7, 11) is 0. The minimum Gasteiger partial charge on any atom is -0.309 e. The van der Waals surface area contributed by atoms with Gasteiger partial charge in [0, 0.05) is 10.9 Å². The van der Waals surface area contributed by atoms with E-state index < -0.39 is 0 Å². The Kier molecular flexibility index (Phi) is 4.04. The lowest BCUT2D eigenvalue weighted by atomic mass is 9.97. The van der Waals surface area contributed by atoms with Gasteiger partial charge in [0.05, 0.1) is 0 Å². The largest absolute Gasteiger partial charge is 0.309 e. The highest BCUT2D eigenvalue weighted by Crippen LogP contribution is 2.42. The smallest absolute Gasteiger partial charge is 0.0443 e. The van der Waals surface area contributed by atoms with E-state index in [1.165, 1.54) is 17.7 Å². The zero-order chi connectivity index (χ0) is 11.5. The lowest BCUT2D eigenvalue weighted by Gasteiger charge is -2.22. The number of nitrogens with one attached hydrogen (secondary N) is 1. The van der Waals surface area contributed by atoms with Gasteiger partial charge in [-0.25, -0.2) is 0 Å². The van der Waals surface area contributed by atoms with E-state index in [2.05, 4.69) is 43.6 Å². The summed E-state index contributed by atoms with van der Waals surface area (Å²) in [5.74, 6) is 2.44. The van der Waals surface area contributed by atoms with E-state index in [-0.39, 0.29) is 0 Å². The Hall–Kier alpha value is -0.340. The first-order chi connectivity index (χ1) is 7.68. The van der Waals surface area contributed by atoms with Gasteiger partial charge in [-0.1, -0.05) is 26.8 Å². The van der Waals surface area contributed by atoms with Crippen LogP contribution in [0.1, 0.15) is 44.5 Å². The molecule has 1 aromatic rings. The highest BCUT2D eigenvalue weighted by molar-refractivity contribution is 7.10. The number of thiophene rings is 1. The molecule has 1 aliphatic carbocycles. The van der Waals surface area contributed by atoms with Crippen LogP contribution in [0.3, 0.4) is 0 Å². The number of rotatable bonds is 6. The van der Waals surface area contributed by atoms with Gasteiger partial charge in [0.25, 0.3) is 0 Å². The molecule has 0 aromatic carbocycles. The maximum atomic E-state index is 3.78. The van der Waals surface area contributed by atoms with Gasteiger partial charge >= 0.3 is 0 Å². The highest BCUT2D eigenvalue weighted by Gasteiger charge is 2.32. The fourth-order valence-electron chi connectivity index (χ4n) is 1.95. The van der Waals surface area contributed by atoms with Gasteiger partial charge < -0.3 is 5.32 Å². The minimum atomic E-state index is 0.626. The molecule has 1 heterocycles. The Labute approximate surface area is 103 Å². The summed E-state index contributed by atoms with van der Waals surface area (Å²) < 4.78 is 0. The van der Waals surface area contributed by atoms with Crippen LogP contribution >= 0.6 is 11.3 Å². The number of hydrogen-bond acceptors (Lipinski definition) is 2. The van der Waals surface area contributed by atoms with Gasteiger partial charge in [-0.3, -0.25) is 0 Å². The quantitative estimate of drug-likeness (QED) is 0.786. The van der Waals surface area contributed by atoms with Crippen molar-refractivity contribution < 1.29 is 0 Å². The second-order valence-electron chi connectivity index (χ2n) is 5.46. The minimum absolute atomic E-state index is 0.626. The molecule has 1 aliphatic rings. The Morgan fingerprint density at radius 2 is 2.12 bits per heavy atom. The van der Waals surface area contributed by atoms with E-state index in [0.717, 1.165) is 24.3 Å². The molecule has 0 spiro atoms. The average molecular weight is 237 g/mol. The standard InChI is InChI=1S/C14H23NS/c1-10(2)11(3)9-15-14(12-6-7-12)13-5-4-8-16-13/h4-5,8,10-12,14-15H,6-7,9H2,1-3H3. The molecule has 1 nitrogen and oxygen atoms in total. The van der Waals surface area contributed by atoms with E-state index in [0.29, 0.717) is 6.04 Å². The van der Waals surface area contributed by atoms with E-state index in [1.54, 1.807) is 0 Å². The first kappa shape index (κ1) is 12.1. The monoisotopic (exact) mass is 237 g/mol. The van der Waals surface area contributed by atoms with Crippen LogP contribution in [-0.4, -0.2) is 6.54 Å². The summed E-state index contributed by atoms with van der Waals surface area (Å²) in [5, 5.41) is 5.97. The maximum Gasteiger partial charge on any atom is 0.0443 e. The van der Waals surface area contributed by atoms with Crippen molar-refractivity contribution in [3.8, 4) is 0 Å². The zero-order valence-corrected chi connectivity index (χ0v) is 11.4. The van der Waals surface area contributed by atoms with Crippen LogP contribution in [0.25, 0.3) is 0 Å². The molecule has 16 heavy (non-hydrogen) atoms. The molecule has 2 unspecified atom stereocenters. The van der Waals surface area contributed by atoms with Crippen LogP contribution in [0.5, 0.6) is 0 Å². The average Bonchev–Trinajstić information content (AvgIpc) is 2.93. The molecule has 2 heteroatoms. The lowest BCUT2D eigenvalue weighted by molar-refractivity contribution is 0.358. The summed E-state index contributed by atoms with van der Waals surface area (Å²) in [4.78, 5) is 1.53. The van der Waals surface area contributed by atoms with Crippen molar-refractivity contribution in [3.63, 3.8) is 0 Å². The van der Waals surface area contributed by atoms with Crippen molar-refractivity contribution in [1.82, 2.24) is 5.32 Å². The Balaban J connectivity index is 1.89. The summed E-state index contributed by atoms with van der Waals surface area (Å²) in [6.07, 6.45) is 2.82. The molecule has 1 N–H and O–H groups in total. The Morgan fingerprint density at radius 3 is 2.62 bits per heavy atom. The van der Waals surface area contributed by atoms with E-state index in [4.69, 9.17) is 0 Å². The summed E-state index contributed by atoms with van der Waals surface area (Å²) in [5.41, 5.74) is 0. The first-order valence-electron chi connectivity index (χ1n) is 6.45. The molecule has 2 atom stereocenters. The number of hydrogen-bond donors (Lipinski definition) is 1. The van der Waals surface area contributed by atoms with E-state index >= 15 is 0 Å². The Morgan fingerprint density at radius 1 is 1.38 bits per heavy atom. The molecule has 0 radical (unpaired) electrons. The third-order valence-electron chi connectivity index (χ3n) is 3.74. The maximum absolute atomic E-state index is 3.78. The third-order valence-corrected chi connectivity index (χ3v) is 4.70. The van der Waals surface area contributed by atoms with Gasteiger partial charge in [0.2, 0.25) is 0 Å². The van der Waals surface area contributed by atoms with Crippen LogP contribution < -0.4 is 5.32 Å². The van der Waals surface area contributed by atoms with Crippen molar-refractivity contribution in [2.24, 2.45) is 17.8 Å². The second kappa shape index (κ2) is 5.33. The molecule has 1 saturated carbocycles. The highest BCUT2D eigenvalue weighted by atomic mass is 32.1. The van der Waals surface area contributed by atoms with Crippen molar-refractivity contribution in [2.75, 3.05) is 6.54 Å². The predicted molar refractivity (Wildman–Crippen MR) is 71.8 cm³/mol. The summed E-state index contributed by atoms with van der Waals surface area (Å²) >= 11 is 1.90. The molecule has 90 valence electrons. The van der Waals surface area contributed by atoms with Crippen LogP contribution in [-0.2, 0) is 0 Å². The van der Waals surface area contributed by atoms with Crippen LogP contribution in [0.2, 0.25) is 0 Å². The molecule has 1 aromatic heterocycles. The molecular weight excluding hydrogens is 214 g/mol. The van der Waals surface area contributed by atoms with Crippen molar-refractivity contribution in [1.29, 1.82) is 0 Å². The fourth-order valence-corrected chi connectivity index (χ4v) is 2.84. The summed E-state index contributed by atoms with van der Waals surface area (Å²) in [6, 6.07) is 5.07. The van der Waals surface area contributed by atoms with Crippen LogP contribution in [0.15, 0.2) is 17.5 Å². The van der Waals surface area contributed by atoms with Gasteiger partial charge in [-0.15, -0.1) is 11.3 Å². The molecule has 0 amide bonds. The van der Waals surface area contributed by atoms with Crippen LogP contribution in [0.4, 0.5) is 0 Å². The molecule has 0 saturated heterocycles. The molecular formula is C14H23NS. The normalized spacial score (nSPS) is 20.0. The molecule has 0 aliphatic heterocycles. The fraction of sp³-hybridized carbons (Fsp3) is 0.714. The van der Waals surface area contributed by atoms with Crippen molar-refractivity contribution in [2.45, 2.75) is 39.7 Å². The topological polar surface area (TPSA) is 12.0 Å². The van der Waals surface area contributed by atoms with E-state index in [1.807, 2.05) is 11.3 Å². The zero-order valence-electron chi connectivity index (χ0n) is 10.6. The van der Waals surface area contributed by atoms with E-state index in [9.17, 15) is 0 Å². The lowest BCUT2D eigenvalue weighted by Crippen LogP contribution is -2.29. The van der Waals surface area contributed by atoms with Gasteiger partial charge in [0.1, 0.15) is 0 Å². The van der Waals surface area contributed by atoms with Gasteiger partial charge in [0.15, 0.2) is 0 Å². The van der Waals surface area contributed by atoms with Crippen molar-refractivity contribution >= 4 is 11.3 Å². The SMILES string of the molecule is CC(C)C(C)CNC(c1cccs1)C1CC1.